The van der Waals surface area contributed by atoms with Gasteiger partial charge in [0.05, 0.1) is 22.0 Å². The van der Waals surface area contributed by atoms with E-state index in [9.17, 15) is 10.1 Å². The van der Waals surface area contributed by atoms with E-state index in [1.807, 2.05) is 13.8 Å². The van der Waals surface area contributed by atoms with Crippen molar-refractivity contribution >= 4 is 11.4 Å². The van der Waals surface area contributed by atoms with Gasteiger partial charge in [0.1, 0.15) is 0 Å². The third-order valence-corrected chi connectivity index (χ3v) is 2.74. The number of nitrogens with one attached hydrogen (secondary N) is 2. The van der Waals surface area contributed by atoms with Crippen molar-refractivity contribution in [2.45, 2.75) is 20.4 Å². The zero-order valence-corrected chi connectivity index (χ0v) is 10.2. The van der Waals surface area contributed by atoms with E-state index in [0.717, 1.165) is 22.6 Å². The van der Waals surface area contributed by atoms with E-state index < -0.39 is 4.92 Å². The molecule has 0 spiro atoms. The number of nitro benzene ring substituents is 1. The Morgan fingerprint density at radius 2 is 2.00 bits per heavy atom. The van der Waals surface area contributed by atoms with Crippen LogP contribution in [0.3, 0.4) is 0 Å². The van der Waals surface area contributed by atoms with Gasteiger partial charge in [0.25, 0.3) is 5.69 Å². The first-order valence-electron chi connectivity index (χ1n) is 5.56. The van der Waals surface area contributed by atoms with Gasteiger partial charge < -0.3 is 5.32 Å². The molecule has 0 fully saturated rings. The molecule has 0 saturated carbocycles. The Hall–Kier alpha value is -2.37. The highest BCUT2D eigenvalue weighted by Crippen LogP contribution is 2.18. The van der Waals surface area contributed by atoms with Crippen LogP contribution in [0.5, 0.6) is 0 Å². The lowest BCUT2D eigenvalue weighted by atomic mass is 10.2. The predicted octanol–water partition coefficient (Wildman–Crippen LogP) is 2.55. The number of aromatic amines is 1. The fraction of sp³-hybridized carbons (Fsp3) is 0.250. The molecule has 1 aromatic carbocycles. The lowest BCUT2D eigenvalue weighted by Crippen LogP contribution is -2.01. The van der Waals surface area contributed by atoms with E-state index in [0.29, 0.717) is 6.54 Å². The zero-order chi connectivity index (χ0) is 13.1. The average Bonchev–Trinajstić information content (AvgIpc) is 2.67. The molecule has 6 heteroatoms. The Morgan fingerprint density at radius 3 is 2.50 bits per heavy atom. The lowest BCUT2D eigenvalue weighted by molar-refractivity contribution is -0.384. The number of aromatic nitrogens is 2. The normalized spacial score (nSPS) is 10.3. The number of H-pyrrole nitrogens is 1. The summed E-state index contributed by atoms with van der Waals surface area (Å²) in [4.78, 5) is 10.1. The van der Waals surface area contributed by atoms with Gasteiger partial charge >= 0.3 is 0 Å². The molecule has 94 valence electrons. The second-order valence-electron chi connectivity index (χ2n) is 4.09. The maximum atomic E-state index is 10.5. The topological polar surface area (TPSA) is 83.8 Å². The fourth-order valence-corrected chi connectivity index (χ4v) is 1.74. The molecule has 18 heavy (non-hydrogen) atoms. The molecule has 6 nitrogen and oxygen atoms in total. The number of non-ortho nitro benzene ring substituents is 1. The van der Waals surface area contributed by atoms with Gasteiger partial charge in [-0.3, -0.25) is 15.2 Å². The summed E-state index contributed by atoms with van der Waals surface area (Å²) in [6.45, 7) is 4.47. The maximum Gasteiger partial charge on any atom is 0.269 e. The molecular weight excluding hydrogens is 232 g/mol. The third kappa shape index (κ3) is 2.48. The summed E-state index contributed by atoms with van der Waals surface area (Å²) < 4.78 is 0. The number of nitrogens with zero attached hydrogens (tertiary/aromatic N) is 2. The van der Waals surface area contributed by atoms with Gasteiger partial charge in [0.15, 0.2) is 0 Å². The summed E-state index contributed by atoms with van der Waals surface area (Å²) in [5.41, 5.74) is 3.96. The largest absolute Gasteiger partial charge is 0.378 e. The van der Waals surface area contributed by atoms with Gasteiger partial charge in [-0.05, 0) is 19.4 Å². The number of anilines is 1. The smallest absolute Gasteiger partial charge is 0.269 e. The first kappa shape index (κ1) is 12.1. The van der Waals surface area contributed by atoms with E-state index >= 15 is 0 Å². The molecule has 2 rings (SSSR count). The van der Waals surface area contributed by atoms with Crippen molar-refractivity contribution in [1.82, 2.24) is 10.2 Å². The molecule has 0 aliphatic carbocycles. The van der Waals surface area contributed by atoms with Crippen molar-refractivity contribution in [3.05, 3.63) is 51.3 Å². The third-order valence-electron chi connectivity index (χ3n) is 2.74. The van der Waals surface area contributed by atoms with Gasteiger partial charge in [0.2, 0.25) is 0 Å². The molecule has 1 heterocycles. The number of rotatable bonds is 4. The summed E-state index contributed by atoms with van der Waals surface area (Å²) in [5.74, 6) is 0. The van der Waals surface area contributed by atoms with Crippen LogP contribution in [-0.4, -0.2) is 15.1 Å². The Kier molecular flexibility index (Phi) is 3.27. The van der Waals surface area contributed by atoms with Crippen molar-refractivity contribution in [3.8, 4) is 0 Å². The van der Waals surface area contributed by atoms with Crippen LogP contribution in [0.2, 0.25) is 0 Å². The average molecular weight is 246 g/mol. The van der Waals surface area contributed by atoms with Crippen LogP contribution in [0, 0.1) is 24.0 Å². The fourth-order valence-electron chi connectivity index (χ4n) is 1.74. The zero-order valence-electron chi connectivity index (χ0n) is 10.2. The van der Waals surface area contributed by atoms with Crippen LogP contribution in [0.25, 0.3) is 0 Å². The van der Waals surface area contributed by atoms with Crippen LogP contribution in [0.15, 0.2) is 24.3 Å². The second kappa shape index (κ2) is 4.87. The number of aryl methyl sites for hydroxylation is 2. The highest BCUT2D eigenvalue weighted by Gasteiger charge is 2.07. The number of nitro groups is 1. The van der Waals surface area contributed by atoms with Crippen molar-refractivity contribution in [3.63, 3.8) is 0 Å². The van der Waals surface area contributed by atoms with Crippen LogP contribution >= 0.6 is 0 Å². The highest BCUT2D eigenvalue weighted by molar-refractivity contribution is 5.51. The Balaban J connectivity index is 2.04. The summed E-state index contributed by atoms with van der Waals surface area (Å²) >= 11 is 0. The van der Waals surface area contributed by atoms with Crippen LogP contribution in [0.1, 0.15) is 17.0 Å². The monoisotopic (exact) mass is 246 g/mol. The second-order valence-corrected chi connectivity index (χ2v) is 4.09. The highest BCUT2D eigenvalue weighted by atomic mass is 16.6. The van der Waals surface area contributed by atoms with Gasteiger partial charge in [-0.15, -0.1) is 0 Å². The molecule has 0 radical (unpaired) electrons. The first-order chi connectivity index (χ1) is 8.58. The van der Waals surface area contributed by atoms with E-state index in [-0.39, 0.29) is 5.69 Å². The van der Waals surface area contributed by atoms with E-state index in [2.05, 4.69) is 15.5 Å². The minimum absolute atomic E-state index is 0.106. The Labute approximate surface area is 104 Å². The van der Waals surface area contributed by atoms with E-state index in [4.69, 9.17) is 0 Å². The number of hydrogen-bond donors (Lipinski definition) is 2. The maximum absolute atomic E-state index is 10.5. The minimum Gasteiger partial charge on any atom is -0.378 e. The van der Waals surface area contributed by atoms with Crippen LogP contribution in [0.4, 0.5) is 11.4 Å². The SMILES string of the molecule is Cc1n[nH]c(C)c1NCc1ccc([N+](=O)[O-])cc1. The van der Waals surface area contributed by atoms with Crippen molar-refractivity contribution in [1.29, 1.82) is 0 Å². The molecular formula is C12H14N4O2. The van der Waals surface area contributed by atoms with Gasteiger partial charge in [-0.25, -0.2) is 0 Å². The molecule has 2 N–H and O–H groups in total. The van der Waals surface area contributed by atoms with Crippen LogP contribution < -0.4 is 5.32 Å². The van der Waals surface area contributed by atoms with Crippen molar-refractivity contribution < 1.29 is 4.92 Å². The Morgan fingerprint density at radius 1 is 1.33 bits per heavy atom. The summed E-state index contributed by atoms with van der Waals surface area (Å²) in [7, 11) is 0. The molecule has 1 aromatic heterocycles. The molecule has 0 saturated heterocycles. The van der Waals surface area contributed by atoms with E-state index in [1.54, 1.807) is 12.1 Å². The number of hydrogen-bond acceptors (Lipinski definition) is 4. The van der Waals surface area contributed by atoms with Gasteiger partial charge in [0, 0.05) is 18.7 Å². The van der Waals surface area contributed by atoms with Gasteiger partial charge in [-0.1, -0.05) is 12.1 Å². The van der Waals surface area contributed by atoms with E-state index in [1.165, 1.54) is 12.1 Å². The lowest BCUT2D eigenvalue weighted by Gasteiger charge is -2.06. The molecule has 0 atom stereocenters. The molecule has 0 unspecified atom stereocenters. The number of benzene rings is 1. The molecule has 0 aliphatic rings. The van der Waals surface area contributed by atoms with Crippen molar-refractivity contribution in [2.75, 3.05) is 5.32 Å². The Bertz CT molecular complexity index is 540. The standard InChI is InChI=1S/C12H14N4O2/c1-8-12(9(2)15-14-8)13-7-10-3-5-11(6-4-10)16(17)18/h3-6,13H,7H2,1-2H3,(H,14,15). The predicted molar refractivity (Wildman–Crippen MR) is 68.5 cm³/mol. The molecule has 2 aromatic rings. The minimum atomic E-state index is -0.401. The van der Waals surface area contributed by atoms with Gasteiger partial charge in [-0.2, -0.15) is 5.10 Å². The summed E-state index contributed by atoms with van der Waals surface area (Å²) in [5, 5.41) is 20.8. The first-order valence-corrected chi connectivity index (χ1v) is 5.56. The van der Waals surface area contributed by atoms with Crippen LogP contribution in [-0.2, 0) is 6.54 Å². The summed E-state index contributed by atoms with van der Waals surface area (Å²) in [6, 6.07) is 6.50. The molecule has 0 aliphatic heterocycles. The summed E-state index contributed by atoms with van der Waals surface area (Å²) in [6.07, 6.45) is 0. The quantitative estimate of drug-likeness (QED) is 0.641. The molecule has 0 amide bonds. The van der Waals surface area contributed by atoms with Crippen molar-refractivity contribution in [2.24, 2.45) is 0 Å². The molecule has 0 bridgehead atoms.